The first kappa shape index (κ1) is 17.1. The first-order chi connectivity index (χ1) is 11.4. The second kappa shape index (κ2) is 7.36. The maximum atomic E-state index is 12.4. The van der Waals surface area contributed by atoms with Crippen molar-refractivity contribution in [3.63, 3.8) is 0 Å². The minimum Gasteiger partial charge on any atom is -0.360 e. The SMILES string of the molecule is CCN(CC(=O)Nc1cc(C)on1)C(=O)c1ccc([N+](=O)[O-])cc1. The quantitative estimate of drug-likeness (QED) is 0.638. The number of hydrogen-bond acceptors (Lipinski definition) is 6. The molecule has 0 saturated heterocycles. The van der Waals surface area contributed by atoms with Gasteiger partial charge in [0.1, 0.15) is 12.3 Å². The molecule has 126 valence electrons. The summed E-state index contributed by atoms with van der Waals surface area (Å²) >= 11 is 0. The van der Waals surface area contributed by atoms with Gasteiger partial charge in [0.2, 0.25) is 5.91 Å². The van der Waals surface area contributed by atoms with E-state index in [0.29, 0.717) is 12.3 Å². The highest BCUT2D eigenvalue weighted by molar-refractivity contribution is 5.99. The van der Waals surface area contributed by atoms with Crippen molar-refractivity contribution in [2.45, 2.75) is 13.8 Å². The van der Waals surface area contributed by atoms with E-state index >= 15 is 0 Å². The number of carbonyl (C=O) groups excluding carboxylic acids is 2. The van der Waals surface area contributed by atoms with Crippen LogP contribution >= 0.6 is 0 Å². The van der Waals surface area contributed by atoms with E-state index in [1.54, 1.807) is 19.9 Å². The van der Waals surface area contributed by atoms with Crippen molar-refractivity contribution in [1.82, 2.24) is 10.1 Å². The summed E-state index contributed by atoms with van der Waals surface area (Å²) in [5, 5.41) is 16.8. The van der Waals surface area contributed by atoms with E-state index in [0.717, 1.165) is 0 Å². The molecule has 9 nitrogen and oxygen atoms in total. The van der Waals surface area contributed by atoms with Crippen LogP contribution in [0.15, 0.2) is 34.9 Å². The third-order valence-corrected chi connectivity index (χ3v) is 3.22. The summed E-state index contributed by atoms with van der Waals surface area (Å²) in [6.07, 6.45) is 0. The van der Waals surface area contributed by atoms with Crippen molar-refractivity contribution in [2.24, 2.45) is 0 Å². The molecule has 0 bridgehead atoms. The molecule has 0 aliphatic heterocycles. The minimum absolute atomic E-state index is 0.103. The van der Waals surface area contributed by atoms with Gasteiger partial charge in [-0.1, -0.05) is 5.16 Å². The number of nitro groups is 1. The molecule has 0 saturated carbocycles. The van der Waals surface area contributed by atoms with E-state index in [2.05, 4.69) is 10.5 Å². The smallest absolute Gasteiger partial charge is 0.269 e. The predicted molar refractivity (Wildman–Crippen MR) is 84.5 cm³/mol. The predicted octanol–water partition coefficient (Wildman–Crippen LogP) is 1.99. The lowest BCUT2D eigenvalue weighted by molar-refractivity contribution is -0.384. The van der Waals surface area contributed by atoms with Crippen molar-refractivity contribution in [2.75, 3.05) is 18.4 Å². The van der Waals surface area contributed by atoms with E-state index in [-0.39, 0.29) is 29.5 Å². The summed E-state index contributed by atoms with van der Waals surface area (Å²) in [7, 11) is 0. The van der Waals surface area contributed by atoms with Gasteiger partial charge in [-0.05, 0) is 26.0 Å². The molecular weight excluding hydrogens is 316 g/mol. The van der Waals surface area contributed by atoms with Crippen LogP contribution in [0.2, 0.25) is 0 Å². The zero-order valence-electron chi connectivity index (χ0n) is 13.2. The monoisotopic (exact) mass is 332 g/mol. The van der Waals surface area contributed by atoms with E-state index in [1.165, 1.54) is 29.2 Å². The Labute approximate surface area is 137 Å². The molecular formula is C15H16N4O5. The van der Waals surface area contributed by atoms with Crippen LogP contribution in [0.25, 0.3) is 0 Å². The van der Waals surface area contributed by atoms with Crippen LogP contribution < -0.4 is 5.32 Å². The highest BCUT2D eigenvalue weighted by Crippen LogP contribution is 2.14. The average Bonchev–Trinajstić information content (AvgIpc) is 2.96. The van der Waals surface area contributed by atoms with Gasteiger partial charge in [0.05, 0.1) is 4.92 Å². The summed E-state index contributed by atoms with van der Waals surface area (Å²) in [6.45, 7) is 3.56. The van der Waals surface area contributed by atoms with Gasteiger partial charge in [0, 0.05) is 30.3 Å². The van der Waals surface area contributed by atoms with Gasteiger partial charge in [-0.25, -0.2) is 0 Å². The zero-order chi connectivity index (χ0) is 17.7. The fraction of sp³-hybridized carbons (Fsp3) is 0.267. The number of benzene rings is 1. The summed E-state index contributed by atoms with van der Waals surface area (Å²) in [5.41, 5.74) is 0.168. The number of aryl methyl sites for hydroxylation is 1. The fourth-order valence-electron chi connectivity index (χ4n) is 2.02. The number of carbonyl (C=O) groups is 2. The summed E-state index contributed by atoms with van der Waals surface area (Å²) < 4.78 is 4.84. The molecule has 2 rings (SSSR count). The van der Waals surface area contributed by atoms with Crippen molar-refractivity contribution in [3.05, 3.63) is 51.8 Å². The zero-order valence-corrected chi connectivity index (χ0v) is 13.2. The van der Waals surface area contributed by atoms with Crippen LogP contribution in [0, 0.1) is 17.0 Å². The Kier molecular flexibility index (Phi) is 5.25. The standard InChI is InChI=1S/C15H16N4O5/c1-3-18(9-14(20)16-13-8-10(2)24-17-13)15(21)11-4-6-12(7-5-11)19(22)23/h4-8H,3,9H2,1-2H3,(H,16,17,20). The van der Waals surface area contributed by atoms with Crippen LogP contribution in [0.3, 0.4) is 0 Å². The molecule has 24 heavy (non-hydrogen) atoms. The van der Waals surface area contributed by atoms with E-state index in [4.69, 9.17) is 4.52 Å². The van der Waals surface area contributed by atoms with E-state index in [9.17, 15) is 19.7 Å². The molecule has 0 fully saturated rings. The summed E-state index contributed by atoms with van der Waals surface area (Å²) in [5.74, 6) is 0.0234. The number of non-ortho nitro benzene ring substituents is 1. The number of likely N-dealkylation sites (N-methyl/N-ethyl adjacent to an activating group) is 1. The fourth-order valence-corrected chi connectivity index (χ4v) is 2.02. The number of anilines is 1. The molecule has 1 aromatic heterocycles. The second-order valence-corrected chi connectivity index (χ2v) is 4.99. The Bertz CT molecular complexity index is 753. The van der Waals surface area contributed by atoms with Crippen molar-refractivity contribution >= 4 is 23.3 Å². The molecule has 0 radical (unpaired) electrons. The van der Waals surface area contributed by atoms with Crippen molar-refractivity contribution in [1.29, 1.82) is 0 Å². The number of rotatable bonds is 6. The Hall–Kier alpha value is -3.23. The second-order valence-electron chi connectivity index (χ2n) is 4.99. The van der Waals surface area contributed by atoms with Gasteiger partial charge < -0.3 is 14.7 Å². The lowest BCUT2D eigenvalue weighted by atomic mass is 10.2. The maximum Gasteiger partial charge on any atom is 0.269 e. The van der Waals surface area contributed by atoms with E-state index < -0.39 is 10.8 Å². The highest BCUT2D eigenvalue weighted by atomic mass is 16.6. The Morgan fingerprint density at radius 1 is 1.33 bits per heavy atom. The van der Waals surface area contributed by atoms with Crippen LogP contribution in [0.4, 0.5) is 11.5 Å². The number of hydrogen-bond donors (Lipinski definition) is 1. The third-order valence-electron chi connectivity index (χ3n) is 3.22. The molecule has 2 amide bonds. The molecule has 0 spiro atoms. The number of nitrogens with one attached hydrogen (secondary N) is 1. The normalized spacial score (nSPS) is 10.2. The first-order valence-corrected chi connectivity index (χ1v) is 7.17. The first-order valence-electron chi connectivity index (χ1n) is 7.17. The number of nitro benzene ring substituents is 1. The van der Waals surface area contributed by atoms with Crippen LogP contribution in [-0.2, 0) is 4.79 Å². The molecule has 9 heteroatoms. The van der Waals surface area contributed by atoms with Gasteiger partial charge >= 0.3 is 0 Å². The van der Waals surface area contributed by atoms with Gasteiger partial charge in [-0.2, -0.15) is 0 Å². The number of amides is 2. The van der Waals surface area contributed by atoms with Crippen molar-refractivity contribution < 1.29 is 19.0 Å². The van der Waals surface area contributed by atoms with Gasteiger partial charge in [-0.3, -0.25) is 19.7 Å². The van der Waals surface area contributed by atoms with E-state index in [1.807, 2.05) is 0 Å². The van der Waals surface area contributed by atoms with Gasteiger partial charge in [0.25, 0.3) is 11.6 Å². The van der Waals surface area contributed by atoms with Crippen LogP contribution in [-0.4, -0.2) is 39.9 Å². The number of aromatic nitrogens is 1. The summed E-state index contributed by atoms with van der Waals surface area (Å²) in [4.78, 5) is 35.8. The molecule has 0 atom stereocenters. The number of nitrogens with zero attached hydrogens (tertiary/aromatic N) is 3. The van der Waals surface area contributed by atoms with Gasteiger partial charge in [0.15, 0.2) is 5.82 Å². The minimum atomic E-state index is -0.542. The van der Waals surface area contributed by atoms with Gasteiger partial charge in [-0.15, -0.1) is 0 Å². The van der Waals surface area contributed by atoms with Crippen LogP contribution in [0.5, 0.6) is 0 Å². The maximum absolute atomic E-state index is 12.4. The molecule has 1 aromatic carbocycles. The van der Waals surface area contributed by atoms with Crippen molar-refractivity contribution in [3.8, 4) is 0 Å². The molecule has 0 unspecified atom stereocenters. The molecule has 2 aromatic rings. The Morgan fingerprint density at radius 2 is 2.00 bits per heavy atom. The van der Waals surface area contributed by atoms with Crippen LogP contribution in [0.1, 0.15) is 23.0 Å². The summed E-state index contributed by atoms with van der Waals surface area (Å²) in [6, 6.07) is 6.79. The lowest BCUT2D eigenvalue weighted by Gasteiger charge is -2.20. The molecule has 1 heterocycles. The Morgan fingerprint density at radius 3 is 2.50 bits per heavy atom. The average molecular weight is 332 g/mol. The Balaban J connectivity index is 2.02. The lowest BCUT2D eigenvalue weighted by Crippen LogP contribution is -2.37. The molecule has 1 N–H and O–H groups in total. The highest BCUT2D eigenvalue weighted by Gasteiger charge is 2.19. The molecule has 0 aliphatic rings. The molecule has 0 aliphatic carbocycles. The largest absolute Gasteiger partial charge is 0.360 e. The third kappa shape index (κ3) is 4.15. The topological polar surface area (TPSA) is 119 Å².